The van der Waals surface area contributed by atoms with Crippen molar-refractivity contribution in [2.24, 2.45) is 0 Å². The number of carbonyl (C=O) groups excluding carboxylic acids is 1. The van der Waals surface area contributed by atoms with Gasteiger partial charge in [0.15, 0.2) is 6.29 Å². The third kappa shape index (κ3) is 1.50. The summed E-state index contributed by atoms with van der Waals surface area (Å²) in [5.41, 5.74) is 0.722. The average molecular weight is 196 g/mol. The van der Waals surface area contributed by atoms with Crippen molar-refractivity contribution in [3.05, 3.63) is 17.7 Å². The molecule has 0 amide bonds. The first-order valence-corrected chi connectivity index (χ1v) is 5.48. The van der Waals surface area contributed by atoms with Crippen LogP contribution in [-0.2, 0) is 5.41 Å². The monoisotopic (exact) mass is 196 g/mol. The SMILES string of the molecule is CC1(c2ncc(C=O)[nH]2)CCSC1. The van der Waals surface area contributed by atoms with Crippen LogP contribution in [0.5, 0.6) is 0 Å². The molecule has 0 radical (unpaired) electrons. The number of aldehydes is 1. The lowest BCUT2D eigenvalue weighted by Gasteiger charge is -2.18. The van der Waals surface area contributed by atoms with Crippen molar-refractivity contribution in [2.75, 3.05) is 11.5 Å². The summed E-state index contributed by atoms with van der Waals surface area (Å²) in [5, 5.41) is 0. The van der Waals surface area contributed by atoms with E-state index >= 15 is 0 Å². The van der Waals surface area contributed by atoms with Crippen molar-refractivity contribution in [1.29, 1.82) is 0 Å². The van der Waals surface area contributed by atoms with E-state index in [1.165, 1.54) is 5.75 Å². The molecule has 1 unspecified atom stereocenters. The van der Waals surface area contributed by atoms with Crippen LogP contribution in [0.15, 0.2) is 6.20 Å². The third-order valence-corrected chi connectivity index (χ3v) is 3.85. The molecule has 2 heterocycles. The number of hydrogen-bond donors (Lipinski definition) is 1. The molecule has 3 nitrogen and oxygen atoms in total. The summed E-state index contributed by atoms with van der Waals surface area (Å²) in [5.74, 6) is 3.24. The van der Waals surface area contributed by atoms with Crippen molar-refractivity contribution in [2.45, 2.75) is 18.8 Å². The molecule has 4 heteroatoms. The predicted octanol–water partition coefficient (Wildman–Crippen LogP) is 1.62. The van der Waals surface area contributed by atoms with Gasteiger partial charge < -0.3 is 4.98 Å². The van der Waals surface area contributed by atoms with E-state index in [1.54, 1.807) is 6.20 Å². The van der Waals surface area contributed by atoms with Gasteiger partial charge in [0.05, 0.1) is 11.9 Å². The molecule has 1 N–H and O–H groups in total. The van der Waals surface area contributed by atoms with Crippen LogP contribution in [0.1, 0.15) is 29.7 Å². The molecule has 0 aromatic carbocycles. The normalized spacial score (nSPS) is 27.8. The number of aromatic nitrogens is 2. The Kier molecular flexibility index (Phi) is 2.15. The van der Waals surface area contributed by atoms with Gasteiger partial charge in [-0.05, 0) is 12.2 Å². The van der Waals surface area contributed by atoms with Crippen LogP contribution in [0.25, 0.3) is 0 Å². The molecule has 1 saturated heterocycles. The Balaban J connectivity index is 2.28. The molecule has 1 aliphatic heterocycles. The lowest BCUT2D eigenvalue weighted by molar-refractivity contribution is 0.111. The van der Waals surface area contributed by atoms with Gasteiger partial charge in [0.1, 0.15) is 5.82 Å². The van der Waals surface area contributed by atoms with Crippen molar-refractivity contribution >= 4 is 18.0 Å². The molecule has 13 heavy (non-hydrogen) atoms. The number of carbonyl (C=O) groups is 1. The molecule has 0 aliphatic carbocycles. The second-order valence-electron chi connectivity index (χ2n) is 3.67. The predicted molar refractivity (Wildman–Crippen MR) is 53.3 cm³/mol. The van der Waals surface area contributed by atoms with E-state index in [2.05, 4.69) is 16.9 Å². The Labute approximate surface area is 81.3 Å². The molecule has 2 rings (SSSR count). The number of aromatic amines is 1. The molecule has 0 spiro atoms. The fourth-order valence-electron chi connectivity index (χ4n) is 1.56. The molecule has 1 aromatic heterocycles. The number of H-pyrrole nitrogens is 1. The maximum atomic E-state index is 10.5. The van der Waals surface area contributed by atoms with E-state index in [-0.39, 0.29) is 5.41 Å². The molecule has 1 atom stereocenters. The highest BCUT2D eigenvalue weighted by molar-refractivity contribution is 7.99. The smallest absolute Gasteiger partial charge is 0.167 e. The van der Waals surface area contributed by atoms with E-state index in [0.29, 0.717) is 5.69 Å². The Morgan fingerprint density at radius 1 is 1.77 bits per heavy atom. The van der Waals surface area contributed by atoms with Crippen molar-refractivity contribution < 1.29 is 4.79 Å². The highest BCUT2D eigenvalue weighted by Crippen LogP contribution is 2.36. The van der Waals surface area contributed by atoms with Crippen LogP contribution in [0.4, 0.5) is 0 Å². The number of rotatable bonds is 2. The molecular weight excluding hydrogens is 184 g/mol. The first-order valence-electron chi connectivity index (χ1n) is 4.33. The van der Waals surface area contributed by atoms with Gasteiger partial charge in [-0.1, -0.05) is 6.92 Å². The summed E-state index contributed by atoms with van der Waals surface area (Å²) >= 11 is 1.94. The van der Waals surface area contributed by atoms with Crippen molar-refractivity contribution in [3.63, 3.8) is 0 Å². The molecule has 1 aromatic rings. The van der Waals surface area contributed by atoms with E-state index < -0.39 is 0 Å². The summed E-state index contributed by atoms with van der Waals surface area (Å²) in [7, 11) is 0. The maximum Gasteiger partial charge on any atom is 0.167 e. The van der Waals surface area contributed by atoms with Gasteiger partial charge in [0.25, 0.3) is 0 Å². The fraction of sp³-hybridized carbons (Fsp3) is 0.556. The Morgan fingerprint density at radius 3 is 3.15 bits per heavy atom. The minimum atomic E-state index is 0.145. The molecule has 70 valence electrons. The van der Waals surface area contributed by atoms with E-state index in [4.69, 9.17) is 0 Å². The van der Waals surface area contributed by atoms with Crippen LogP contribution < -0.4 is 0 Å². The summed E-state index contributed by atoms with van der Waals surface area (Å²) in [6.07, 6.45) is 3.56. The average Bonchev–Trinajstić information content (AvgIpc) is 2.72. The number of nitrogens with one attached hydrogen (secondary N) is 1. The van der Waals surface area contributed by atoms with Gasteiger partial charge in [-0.2, -0.15) is 11.8 Å². The lowest BCUT2D eigenvalue weighted by atomic mass is 9.89. The summed E-state index contributed by atoms with van der Waals surface area (Å²) < 4.78 is 0. The Hall–Kier alpha value is -0.770. The summed E-state index contributed by atoms with van der Waals surface area (Å²) in [6, 6.07) is 0. The minimum absolute atomic E-state index is 0.145. The summed E-state index contributed by atoms with van der Waals surface area (Å²) in [6.45, 7) is 2.19. The number of nitrogens with zero attached hydrogens (tertiary/aromatic N) is 1. The second kappa shape index (κ2) is 3.18. The zero-order valence-corrected chi connectivity index (χ0v) is 8.36. The highest BCUT2D eigenvalue weighted by Gasteiger charge is 2.33. The number of hydrogen-bond acceptors (Lipinski definition) is 3. The Morgan fingerprint density at radius 2 is 2.62 bits per heavy atom. The highest BCUT2D eigenvalue weighted by atomic mass is 32.2. The van der Waals surface area contributed by atoms with Gasteiger partial charge in [-0.3, -0.25) is 4.79 Å². The minimum Gasteiger partial charge on any atom is -0.339 e. The molecule has 0 saturated carbocycles. The number of imidazole rings is 1. The van der Waals surface area contributed by atoms with Crippen LogP contribution in [0.2, 0.25) is 0 Å². The quantitative estimate of drug-likeness (QED) is 0.731. The van der Waals surface area contributed by atoms with Crippen LogP contribution in [0.3, 0.4) is 0 Å². The standard InChI is InChI=1S/C9H12N2OS/c1-9(2-3-13-6-9)8-10-4-7(5-12)11-8/h4-5H,2-3,6H2,1H3,(H,10,11). The maximum absolute atomic E-state index is 10.5. The third-order valence-electron chi connectivity index (χ3n) is 2.51. The second-order valence-corrected chi connectivity index (χ2v) is 4.77. The lowest BCUT2D eigenvalue weighted by Crippen LogP contribution is -2.22. The fourth-order valence-corrected chi connectivity index (χ4v) is 3.03. The number of thioether (sulfide) groups is 1. The van der Waals surface area contributed by atoms with E-state index in [9.17, 15) is 4.79 Å². The summed E-state index contributed by atoms with van der Waals surface area (Å²) in [4.78, 5) is 17.8. The largest absolute Gasteiger partial charge is 0.339 e. The topological polar surface area (TPSA) is 45.8 Å². The van der Waals surface area contributed by atoms with Gasteiger partial charge in [0, 0.05) is 11.2 Å². The zero-order chi connectivity index (χ0) is 9.31. The van der Waals surface area contributed by atoms with Crippen molar-refractivity contribution in [3.8, 4) is 0 Å². The van der Waals surface area contributed by atoms with Crippen LogP contribution in [0, 0.1) is 0 Å². The van der Waals surface area contributed by atoms with Gasteiger partial charge >= 0.3 is 0 Å². The van der Waals surface area contributed by atoms with Gasteiger partial charge in [-0.25, -0.2) is 4.98 Å². The zero-order valence-electron chi connectivity index (χ0n) is 7.54. The van der Waals surface area contributed by atoms with Crippen LogP contribution in [-0.4, -0.2) is 27.8 Å². The Bertz CT molecular complexity index is 315. The molecule has 1 fully saturated rings. The van der Waals surface area contributed by atoms with E-state index in [0.717, 1.165) is 24.3 Å². The van der Waals surface area contributed by atoms with Gasteiger partial charge in [-0.15, -0.1) is 0 Å². The molecule has 0 bridgehead atoms. The van der Waals surface area contributed by atoms with Gasteiger partial charge in [0.2, 0.25) is 0 Å². The first kappa shape index (κ1) is 8.81. The molecule has 1 aliphatic rings. The first-order chi connectivity index (χ1) is 6.24. The molecular formula is C9H12N2OS. The van der Waals surface area contributed by atoms with Crippen molar-refractivity contribution in [1.82, 2.24) is 9.97 Å². The van der Waals surface area contributed by atoms with E-state index in [1.807, 2.05) is 11.8 Å². The van der Waals surface area contributed by atoms with Crippen LogP contribution >= 0.6 is 11.8 Å².